The fourth-order valence-corrected chi connectivity index (χ4v) is 6.07. The minimum Gasteiger partial charge on any atom is -0.410 e. The molecule has 0 aromatic heterocycles. The molecule has 1 aliphatic carbocycles. The Labute approximate surface area is 237 Å². The number of amides is 3. The summed E-state index contributed by atoms with van der Waals surface area (Å²) in [6.45, 7) is 1.95. The molecule has 0 N–H and O–H groups in total. The molecule has 10 heteroatoms. The van der Waals surface area contributed by atoms with Crippen molar-refractivity contribution in [3.8, 4) is 5.75 Å². The normalized spacial score (nSPS) is 21.9. The zero-order valence-corrected chi connectivity index (χ0v) is 23.3. The van der Waals surface area contributed by atoms with Crippen LogP contribution in [0.2, 0.25) is 10.0 Å². The number of likely N-dealkylation sites (N-methyl/N-ethyl adjacent to an activating group) is 1. The van der Waals surface area contributed by atoms with Crippen molar-refractivity contribution >= 4 is 41.1 Å². The molecule has 2 atom stereocenters. The van der Waals surface area contributed by atoms with Crippen molar-refractivity contribution in [3.63, 3.8) is 0 Å². The first kappa shape index (κ1) is 27.7. The highest BCUT2D eigenvalue weighted by Gasteiger charge is 2.43. The van der Waals surface area contributed by atoms with Crippen LogP contribution in [0.15, 0.2) is 42.5 Å². The fraction of sp³-hybridized carbons (Fsp3) is 0.483. The van der Waals surface area contributed by atoms with E-state index in [2.05, 4.69) is 0 Å². The van der Waals surface area contributed by atoms with Gasteiger partial charge in [0.1, 0.15) is 11.6 Å². The number of halogens is 3. The second-order valence-electron chi connectivity index (χ2n) is 10.8. The van der Waals surface area contributed by atoms with Gasteiger partial charge in [-0.3, -0.25) is 9.59 Å². The summed E-state index contributed by atoms with van der Waals surface area (Å²) < 4.78 is 18.8. The van der Waals surface area contributed by atoms with Gasteiger partial charge >= 0.3 is 6.09 Å². The fourth-order valence-electron chi connectivity index (χ4n) is 5.76. The second kappa shape index (κ2) is 11.7. The van der Waals surface area contributed by atoms with Gasteiger partial charge in [-0.15, -0.1) is 0 Å². The summed E-state index contributed by atoms with van der Waals surface area (Å²) in [5, 5.41) is 0.827. The lowest BCUT2D eigenvalue weighted by Crippen LogP contribution is -2.47. The number of piperidine rings is 1. The van der Waals surface area contributed by atoms with Gasteiger partial charge in [-0.2, -0.15) is 0 Å². The van der Waals surface area contributed by atoms with E-state index in [0.29, 0.717) is 49.1 Å². The van der Waals surface area contributed by atoms with Crippen molar-refractivity contribution in [1.82, 2.24) is 14.7 Å². The second-order valence-corrected chi connectivity index (χ2v) is 11.6. The smallest absolute Gasteiger partial charge is 0.410 e. The van der Waals surface area contributed by atoms with Crippen LogP contribution < -0.4 is 4.74 Å². The van der Waals surface area contributed by atoms with Gasteiger partial charge in [0.05, 0.1) is 16.1 Å². The molecule has 0 unspecified atom stereocenters. The average Bonchev–Trinajstić information content (AvgIpc) is 3.35. The molecule has 0 spiro atoms. The van der Waals surface area contributed by atoms with Crippen molar-refractivity contribution in [1.29, 1.82) is 0 Å². The van der Waals surface area contributed by atoms with Gasteiger partial charge in [-0.05, 0) is 67.6 Å². The summed E-state index contributed by atoms with van der Waals surface area (Å²) in [6, 6.07) is 10.2. The van der Waals surface area contributed by atoms with Crippen LogP contribution in [0.1, 0.15) is 43.6 Å². The molecule has 2 heterocycles. The summed E-state index contributed by atoms with van der Waals surface area (Å²) in [7, 11) is 1.64. The van der Waals surface area contributed by atoms with Crippen LogP contribution >= 0.6 is 23.2 Å². The Bertz CT molecular complexity index is 1230. The molecule has 7 nitrogen and oxygen atoms in total. The minimum absolute atomic E-state index is 0.0404. The lowest BCUT2D eigenvalue weighted by atomic mass is 9.83. The number of carbonyl (C=O) groups is 3. The number of hydrogen-bond donors (Lipinski definition) is 0. The Hall–Kier alpha value is -2.84. The van der Waals surface area contributed by atoms with E-state index in [9.17, 15) is 18.8 Å². The average molecular weight is 576 g/mol. The molecule has 0 bridgehead atoms. The number of hydrogen-bond acceptors (Lipinski definition) is 4. The third-order valence-electron chi connectivity index (χ3n) is 8.39. The summed E-state index contributed by atoms with van der Waals surface area (Å²) in [5.74, 6) is -0.143. The molecule has 2 saturated heterocycles. The van der Waals surface area contributed by atoms with Gasteiger partial charge in [0.25, 0.3) is 0 Å². The molecule has 3 fully saturated rings. The monoisotopic (exact) mass is 575 g/mol. The maximum Gasteiger partial charge on any atom is 0.415 e. The van der Waals surface area contributed by atoms with E-state index in [0.717, 1.165) is 24.8 Å². The molecule has 2 aliphatic heterocycles. The first-order chi connectivity index (χ1) is 18.7. The van der Waals surface area contributed by atoms with Crippen LogP contribution in [-0.2, 0) is 9.59 Å². The topological polar surface area (TPSA) is 70.2 Å². The number of nitrogens with zero attached hydrogens (tertiary/aromatic N) is 3. The summed E-state index contributed by atoms with van der Waals surface area (Å²) in [5.41, 5.74) is 0.868. The highest BCUT2D eigenvalue weighted by atomic mass is 35.5. The van der Waals surface area contributed by atoms with Crippen LogP contribution in [0.4, 0.5) is 9.18 Å². The van der Waals surface area contributed by atoms with E-state index >= 15 is 0 Å². The van der Waals surface area contributed by atoms with Gasteiger partial charge in [-0.1, -0.05) is 35.7 Å². The lowest BCUT2D eigenvalue weighted by Gasteiger charge is -2.37. The number of ether oxygens (including phenoxy) is 1. The molecule has 1 saturated carbocycles. The van der Waals surface area contributed by atoms with E-state index < -0.39 is 11.9 Å². The zero-order valence-electron chi connectivity index (χ0n) is 21.8. The van der Waals surface area contributed by atoms with Gasteiger partial charge in [0.2, 0.25) is 11.8 Å². The zero-order chi connectivity index (χ0) is 27.7. The highest BCUT2D eigenvalue weighted by molar-refractivity contribution is 6.42. The van der Waals surface area contributed by atoms with Crippen LogP contribution in [0.3, 0.4) is 0 Å². The highest BCUT2D eigenvalue weighted by Crippen LogP contribution is 2.36. The molecular formula is C29H32Cl2FN3O4. The van der Waals surface area contributed by atoms with E-state index in [-0.39, 0.29) is 41.4 Å². The standard InChI is InChI=1S/C29H32Cl2FN3O4/c1-33(29(38)39-22-8-6-21(32)7-9-22)26-17-35(16-23(26)20-5-10-24(30)25(31)15-20)28(37)19-11-13-34(14-12-19)27(36)18-3-2-4-18/h5-10,15,18-19,23,26H,2-4,11-14,16-17H2,1H3/t23-,26+/m0/s1. The third kappa shape index (κ3) is 6.02. The van der Waals surface area contributed by atoms with Gasteiger partial charge in [0.15, 0.2) is 0 Å². The summed E-state index contributed by atoms with van der Waals surface area (Å²) in [4.78, 5) is 44.6. The largest absolute Gasteiger partial charge is 0.415 e. The van der Waals surface area contributed by atoms with Crippen molar-refractivity contribution in [2.75, 3.05) is 33.2 Å². The minimum atomic E-state index is -0.603. The molecule has 208 valence electrons. The maximum atomic E-state index is 13.6. The maximum absolute atomic E-state index is 13.6. The van der Waals surface area contributed by atoms with Crippen LogP contribution in [0, 0.1) is 17.7 Å². The molecule has 5 rings (SSSR count). The Morgan fingerprint density at radius 2 is 1.51 bits per heavy atom. The molecule has 2 aromatic carbocycles. The Kier molecular flexibility index (Phi) is 8.33. The number of carbonyl (C=O) groups excluding carboxylic acids is 3. The quantitative estimate of drug-likeness (QED) is 0.465. The molecule has 39 heavy (non-hydrogen) atoms. The first-order valence-electron chi connectivity index (χ1n) is 13.4. The van der Waals surface area contributed by atoms with Crippen molar-refractivity contribution in [2.45, 2.75) is 44.1 Å². The third-order valence-corrected chi connectivity index (χ3v) is 9.13. The molecule has 3 aliphatic rings. The van der Waals surface area contributed by atoms with Gasteiger partial charge in [0, 0.05) is 51.0 Å². The van der Waals surface area contributed by atoms with Crippen LogP contribution in [-0.4, -0.2) is 71.9 Å². The molecule has 0 radical (unpaired) electrons. The SMILES string of the molecule is CN(C(=O)Oc1ccc(F)cc1)[C@@H]1CN(C(=O)C2CCN(C(=O)C3CCC3)CC2)C[C@H]1c1ccc(Cl)c(Cl)c1. The summed E-state index contributed by atoms with van der Waals surface area (Å²) in [6.07, 6.45) is 3.73. The Morgan fingerprint density at radius 3 is 2.13 bits per heavy atom. The van der Waals surface area contributed by atoms with Gasteiger partial charge in [-0.25, -0.2) is 9.18 Å². The van der Waals surface area contributed by atoms with E-state index in [1.807, 2.05) is 15.9 Å². The summed E-state index contributed by atoms with van der Waals surface area (Å²) >= 11 is 12.5. The van der Waals surface area contributed by atoms with Crippen LogP contribution in [0.5, 0.6) is 5.75 Å². The van der Waals surface area contributed by atoms with Gasteiger partial charge < -0.3 is 19.4 Å². The number of benzene rings is 2. The number of rotatable bonds is 5. The molecular weight excluding hydrogens is 544 g/mol. The molecule has 3 amide bonds. The van der Waals surface area contributed by atoms with Crippen molar-refractivity contribution in [3.05, 3.63) is 63.9 Å². The van der Waals surface area contributed by atoms with E-state index in [4.69, 9.17) is 27.9 Å². The van der Waals surface area contributed by atoms with Crippen molar-refractivity contribution in [2.24, 2.45) is 11.8 Å². The van der Waals surface area contributed by atoms with E-state index in [1.165, 1.54) is 29.2 Å². The van der Waals surface area contributed by atoms with Crippen molar-refractivity contribution < 1.29 is 23.5 Å². The predicted octanol–water partition coefficient (Wildman–Crippen LogP) is 5.60. The predicted molar refractivity (Wildman–Crippen MR) is 146 cm³/mol. The molecule has 2 aromatic rings. The van der Waals surface area contributed by atoms with Crippen LogP contribution in [0.25, 0.3) is 0 Å². The Morgan fingerprint density at radius 1 is 0.872 bits per heavy atom. The van der Waals surface area contributed by atoms with E-state index in [1.54, 1.807) is 19.2 Å². The Balaban J connectivity index is 1.29. The lowest BCUT2D eigenvalue weighted by molar-refractivity contribution is -0.143. The first-order valence-corrected chi connectivity index (χ1v) is 14.2. The number of likely N-dealkylation sites (tertiary alicyclic amines) is 2.